The molecule has 1 heterocycles. The summed E-state index contributed by atoms with van der Waals surface area (Å²) in [5.74, 6) is 1.61. The van der Waals surface area contributed by atoms with E-state index in [2.05, 4.69) is 6.92 Å². The summed E-state index contributed by atoms with van der Waals surface area (Å²) in [4.78, 5) is 0. The molecule has 0 bridgehead atoms. The topological polar surface area (TPSA) is 9.23 Å². The van der Waals surface area contributed by atoms with E-state index >= 15 is 0 Å². The number of hydrogen-bond acceptors (Lipinski definition) is 1. The predicted molar refractivity (Wildman–Crippen MR) is 38.2 cm³/mol. The Kier molecular flexibility index (Phi) is 3.05. The zero-order chi connectivity index (χ0) is 6.53. The Morgan fingerprint density at radius 3 is 2.56 bits per heavy atom. The maximum absolute atomic E-state index is 5.03. The molecular formula is C8H15O. The summed E-state index contributed by atoms with van der Waals surface area (Å²) in [6.45, 7) is 4.13. The van der Waals surface area contributed by atoms with Crippen molar-refractivity contribution < 1.29 is 4.74 Å². The van der Waals surface area contributed by atoms with E-state index in [-0.39, 0.29) is 0 Å². The maximum Gasteiger partial charge on any atom is 0.0551 e. The second kappa shape index (κ2) is 3.89. The van der Waals surface area contributed by atoms with E-state index in [1.807, 2.05) is 0 Å². The average Bonchev–Trinajstić information content (AvgIpc) is 1.76. The molecule has 0 aromatic rings. The number of hydrogen-bond donors (Lipinski definition) is 0. The first kappa shape index (κ1) is 7.07. The van der Waals surface area contributed by atoms with E-state index in [4.69, 9.17) is 4.74 Å². The molecule has 1 saturated heterocycles. The van der Waals surface area contributed by atoms with Crippen LogP contribution in [0, 0.1) is 5.92 Å². The molecule has 0 aromatic heterocycles. The van der Waals surface area contributed by atoms with Crippen LogP contribution in [0.3, 0.4) is 0 Å². The van der Waals surface area contributed by atoms with Crippen molar-refractivity contribution in [3.63, 3.8) is 0 Å². The molecular weight excluding hydrogens is 112 g/mol. The van der Waals surface area contributed by atoms with Crippen molar-refractivity contribution in [2.45, 2.75) is 32.6 Å². The van der Waals surface area contributed by atoms with Gasteiger partial charge in [-0.25, -0.2) is 0 Å². The van der Waals surface area contributed by atoms with Gasteiger partial charge >= 0.3 is 0 Å². The SMILES string of the molecule is CCCCC[C]1COC1. The first-order chi connectivity index (χ1) is 4.43. The highest BCUT2D eigenvalue weighted by Gasteiger charge is 2.17. The zero-order valence-corrected chi connectivity index (χ0v) is 6.15. The van der Waals surface area contributed by atoms with Crippen LogP contribution in [0.4, 0.5) is 0 Å². The van der Waals surface area contributed by atoms with Crippen molar-refractivity contribution in [1.82, 2.24) is 0 Å². The predicted octanol–water partition coefficient (Wildman–Crippen LogP) is 2.17. The van der Waals surface area contributed by atoms with Crippen LogP contribution in [-0.2, 0) is 4.74 Å². The van der Waals surface area contributed by atoms with Crippen molar-refractivity contribution in [2.75, 3.05) is 13.2 Å². The molecule has 0 N–H and O–H groups in total. The van der Waals surface area contributed by atoms with Crippen LogP contribution in [0.5, 0.6) is 0 Å². The molecule has 0 amide bonds. The normalized spacial score (nSPS) is 19.7. The summed E-state index contributed by atoms with van der Waals surface area (Å²) in [6.07, 6.45) is 5.39. The van der Waals surface area contributed by atoms with Gasteiger partial charge in [0.25, 0.3) is 0 Å². The first-order valence-electron chi connectivity index (χ1n) is 3.85. The van der Waals surface area contributed by atoms with Gasteiger partial charge in [-0.1, -0.05) is 26.2 Å². The molecule has 1 rings (SSSR count). The van der Waals surface area contributed by atoms with E-state index in [0.29, 0.717) is 0 Å². The second-order valence-corrected chi connectivity index (χ2v) is 2.70. The van der Waals surface area contributed by atoms with E-state index in [0.717, 1.165) is 13.2 Å². The van der Waals surface area contributed by atoms with Gasteiger partial charge < -0.3 is 4.74 Å². The van der Waals surface area contributed by atoms with Crippen molar-refractivity contribution in [2.24, 2.45) is 0 Å². The summed E-state index contributed by atoms with van der Waals surface area (Å²) >= 11 is 0. The molecule has 0 aromatic carbocycles. The number of ether oxygens (including phenoxy) is 1. The van der Waals surface area contributed by atoms with Gasteiger partial charge in [-0.15, -0.1) is 0 Å². The van der Waals surface area contributed by atoms with Crippen LogP contribution in [0.1, 0.15) is 32.6 Å². The molecule has 1 heteroatoms. The molecule has 9 heavy (non-hydrogen) atoms. The molecule has 0 unspecified atom stereocenters. The van der Waals surface area contributed by atoms with E-state index in [9.17, 15) is 0 Å². The van der Waals surface area contributed by atoms with Gasteiger partial charge in [0.2, 0.25) is 0 Å². The Morgan fingerprint density at radius 2 is 2.11 bits per heavy atom. The zero-order valence-electron chi connectivity index (χ0n) is 6.15. The van der Waals surface area contributed by atoms with Crippen molar-refractivity contribution in [1.29, 1.82) is 0 Å². The quantitative estimate of drug-likeness (QED) is 0.526. The van der Waals surface area contributed by atoms with Gasteiger partial charge in [0.05, 0.1) is 13.2 Å². The third-order valence-corrected chi connectivity index (χ3v) is 1.75. The van der Waals surface area contributed by atoms with E-state index < -0.39 is 0 Å². The standard InChI is InChI=1S/C8H15O/c1-2-3-4-5-8-6-9-7-8/h2-7H2,1H3. The highest BCUT2D eigenvalue weighted by molar-refractivity contribution is 4.95. The Balaban J connectivity index is 1.80. The van der Waals surface area contributed by atoms with Gasteiger partial charge in [-0.3, -0.25) is 0 Å². The smallest absolute Gasteiger partial charge is 0.0551 e. The lowest BCUT2D eigenvalue weighted by atomic mass is 10.0. The molecule has 0 spiro atoms. The fourth-order valence-electron chi connectivity index (χ4n) is 1.02. The lowest BCUT2D eigenvalue weighted by molar-refractivity contribution is 0.0580. The number of rotatable bonds is 4. The molecule has 0 atom stereocenters. The van der Waals surface area contributed by atoms with Gasteiger partial charge in [0.15, 0.2) is 0 Å². The van der Waals surface area contributed by atoms with Crippen molar-refractivity contribution in [3.05, 3.63) is 5.92 Å². The van der Waals surface area contributed by atoms with Crippen LogP contribution < -0.4 is 0 Å². The molecule has 1 fully saturated rings. The highest BCUT2D eigenvalue weighted by Crippen LogP contribution is 2.19. The second-order valence-electron chi connectivity index (χ2n) is 2.70. The third kappa shape index (κ3) is 2.35. The lowest BCUT2D eigenvalue weighted by Gasteiger charge is -2.24. The fourth-order valence-corrected chi connectivity index (χ4v) is 1.02. The molecule has 1 radical (unpaired) electrons. The van der Waals surface area contributed by atoms with Gasteiger partial charge in [-0.05, 0) is 6.42 Å². The first-order valence-corrected chi connectivity index (χ1v) is 3.85. The highest BCUT2D eigenvalue weighted by atomic mass is 16.5. The largest absolute Gasteiger partial charge is 0.380 e. The molecule has 1 nitrogen and oxygen atoms in total. The third-order valence-electron chi connectivity index (χ3n) is 1.75. The molecule has 53 valence electrons. The van der Waals surface area contributed by atoms with Gasteiger partial charge in [-0.2, -0.15) is 0 Å². The fraction of sp³-hybridized carbons (Fsp3) is 0.875. The van der Waals surface area contributed by atoms with Crippen molar-refractivity contribution >= 4 is 0 Å². The minimum absolute atomic E-state index is 0.948. The molecule has 0 aliphatic carbocycles. The van der Waals surface area contributed by atoms with Crippen molar-refractivity contribution in [3.8, 4) is 0 Å². The van der Waals surface area contributed by atoms with Crippen LogP contribution in [0.15, 0.2) is 0 Å². The Bertz CT molecular complexity index is 67.0. The lowest BCUT2D eigenvalue weighted by Crippen LogP contribution is -2.24. The van der Waals surface area contributed by atoms with Crippen LogP contribution >= 0.6 is 0 Å². The Morgan fingerprint density at radius 1 is 1.33 bits per heavy atom. The van der Waals surface area contributed by atoms with Gasteiger partial charge in [0, 0.05) is 5.92 Å². The summed E-state index contributed by atoms with van der Waals surface area (Å²) < 4.78 is 5.03. The summed E-state index contributed by atoms with van der Waals surface area (Å²) in [6, 6.07) is 0. The Labute approximate surface area is 57.4 Å². The van der Waals surface area contributed by atoms with Gasteiger partial charge in [0.1, 0.15) is 0 Å². The number of unbranched alkanes of at least 4 members (excludes halogenated alkanes) is 2. The summed E-state index contributed by atoms with van der Waals surface area (Å²) in [5, 5.41) is 0. The van der Waals surface area contributed by atoms with Crippen LogP contribution in [0.25, 0.3) is 0 Å². The maximum atomic E-state index is 5.03. The minimum Gasteiger partial charge on any atom is -0.380 e. The molecule has 1 aliphatic rings. The average molecular weight is 127 g/mol. The minimum atomic E-state index is 0.948. The van der Waals surface area contributed by atoms with Crippen LogP contribution in [0.2, 0.25) is 0 Å². The molecule has 0 saturated carbocycles. The summed E-state index contributed by atoms with van der Waals surface area (Å²) in [7, 11) is 0. The molecule has 1 aliphatic heterocycles. The van der Waals surface area contributed by atoms with Crippen LogP contribution in [-0.4, -0.2) is 13.2 Å². The van der Waals surface area contributed by atoms with E-state index in [1.165, 1.54) is 25.7 Å². The summed E-state index contributed by atoms with van der Waals surface area (Å²) in [5.41, 5.74) is 0. The Hall–Kier alpha value is -0.0400. The van der Waals surface area contributed by atoms with E-state index in [1.54, 1.807) is 5.92 Å². The monoisotopic (exact) mass is 127 g/mol.